The molecule has 1 aromatic heterocycles. The molecule has 0 fully saturated rings. The third kappa shape index (κ3) is 4.18. The lowest BCUT2D eigenvalue weighted by molar-refractivity contribution is 0.534. The zero-order chi connectivity index (χ0) is 16.4. The van der Waals surface area contributed by atoms with E-state index in [-0.39, 0.29) is 12.3 Å². The summed E-state index contributed by atoms with van der Waals surface area (Å²) in [5.74, 6) is -0.224. The summed E-state index contributed by atoms with van der Waals surface area (Å²) in [5, 5.41) is 0. The number of nitrogens with zero attached hydrogens (tertiary/aromatic N) is 2. The van der Waals surface area contributed by atoms with Crippen LogP contribution in [0.2, 0.25) is 0 Å². The van der Waals surface area contributed by atoms with Gasteiger partial charge in [0.2, 0.25) is 0 Å². The Hall–Kier alpha value is -0.640. The first-order valence-corrected chi connectivity index (χ1v) is 9.46. The summed E-state index contributed by atoms with van der Waals surface area (Å²) >= 11 is 1.87. The molecule has 1 rings (SSSR count). The zero-order valence-corrected chi connectivity index (χ0v) is 15.7. The van der Waals surface area contributed by atoms with Gasteiger partial charge in [-0.2, -0.15) is 0 Å². The van der Waals surface area contributed by atoms with Crippen LogP contribution in [-0.4, -0.2) is 28.1 Å². The molecule has 0 bridgehead atoms. The van der Waals surface area contributed by atoms with Crippen molar-refractivity contribution >= 4 is 32.4 Å². The number of aryl methyl sites for hydroxylation is 1. The third-order valence-electron chi connectivity index (χ3n) is 3.18. The largest absolute Gasteiger partial charge is 0.331 e. The van der Waals surface area contributed by atoms with E-state index in [1.807, 2.05) is 29.5 Å². The lowest BCUT2D eigenvalue weighted by atomic mass is 10.3. The lowest BCUT2D eigenvalue weighted by Crippen LogP contribution is -2.43. The molecule has 0 N–H and O–H groups in total. The Morgan fingerprint density at radius 2 is 1.76 bits per heavy atom. The minimum atomic E-state index is -3.38. The first-order valence-electron chi connectivity index (χ1n) is 6.73. The average molecular weight is 428 g/mol. The molecule has 0 aromatic carbocycles. The summed E-state index contributed by atoms with van der Waals surface area (Å²) in [6, 6.07) is 0. The highest BCUT2D eigenvalue weighted by Crippen LogP contribution is 2.15. The van der Waals surface area contributed by atoms with Crippen molar-refractivity contribution in [2.24, 2.45) is 0 Å². The fourth-order valence-electron chi connectivity index (χ4n) is 1.73. The van der Waals surface area contributed by atoms with Crippen molar-refractivity contribution in [1.82, 2.24) is 9.13 Å². The van der Waals surface area contributed by atoms with E-state index in [9.17, 15) is 18.0 Å². The summed E-state index contributed by atoms with van der Waals surface area (Å²) < 4.78 is 26.2. The van der Waals surface area contributed by atoms with E-state index < -0.39 is 25.8 Å². The maximum Gasteiger partial charge on any atom is 0.331 e. The molecule has 0 radical (unpaired) electrons. The molecule has 0 unspecified atom stereocenters. The molecule has 0 amide bonds. The molecule has 0 atom stereocenters. The molecular weight excluding hydrogens is 407 g/mol. The zero-order valence-electron chi connectivity index (χ0n) is 12.7. The molecule has 8 heteroatoms. The van der Waals surface area contributed by atoms with Crippen LogP contribution in [0.3, 0.4) is 0 Å². The molecule has 1 heterocycles. The minimum absolute atomic E-state index is 0.113. The van der Waals surface area contributed by atoms with Crippen molar-refractivity contribution in [3.8, 4) is 0 Å². The molecule has 0 spiro atoms. The van der Waals surface area contributed by atoms with E-state index in [1.54, 1.807) is 20.8 Å². The van der Waals surface area contributed by atoms with Crippen molar-refractivity contribution in [3.05, 3.63) is 30.6 Å². The number of hydrogen-bond donors (Lipinski definition) is 0. The van der Waals surface area contributed by atoms with Crippen LogP contribution in [0.15, 0.2) is 15.8 Å². The van der Waals surface area contributed by atoms with Gasteiger partial charge in [0.05, 0.1) is 14.1 Å². The maximum absolute atomic E-state index is 12.2. The Kier molecular flexibility index (Phi) is 5.82. The predicted octanol–water partition coefficient (Wildman–Crippen LogP) is 1.24. The van der Waals surface area contributed by atoms with Gasteiger partial charge in [0.25, 0.3) is 5.56 Å². The summed E-state index contributed by atoms with van der Waals surface area (Å²) in [7, 11) is -3.38. The van der Waals surface area contributed by atoms with Gasteiger partial charge in [0.1, 0.15) is 0 Å². The van der Waals surface area contributed by atoms with Crippen LogP contribution >= 0.6 is 22.6 Å². The van der Waals surface area contributed by atoms with E-state index in [4.69, 9.17) is 0 Å². The third-order valence-corrected chi connectivity index (χ3v) is 6.50. The van der Waals surface area contributed by atoms with E-state index in [2.05, 4.69) is 0 Å². The van der Waals surface area contributed by atoms with Gasteiger partial charge in [-0.15, -0.1) is 0 Å². The minimum Gasteiger partial charge on any atom is -0.299 e. The molecule has 6 nitrogen and oxygen atoms in total. The van der Waals surface area contributed by atoms with Crippen molar-refractivity contribution in [2.45, 2.75) is 52.0 Å². The second-order valence-electron chi connectivity index (χ2n) is 5.84. The van der Waals surface area contributed by atoms with Gasteiger partial charge in [-0.3, -0.25) is 13.9 Å². The second kappa shape index (κ2) is 6.64. The topological polar surface area (TPSA) is 78.1 Å². The Labute approximate surface area is 138 Å². The monoisotopic (exact) mass is 428 g/mol. The normalized spacial score (nSPS) is 12.6. The van der Waals surface area contributed by atoms with Crippen LogP contribution < -0.4 is 11.2 Å². The van der Waals surface area contributed by atoms with Crippen molar-refractivity contribution in [2.75, 3.05) is 5.75 Å². The number of halogens is 1. The van der Waals surface area contributed by atoms with E-state index in [1.165, 1.54) is 10.8 Å². The Balaban J connectivity index is 3.21. The standard InChI is InChI=1S/C13H21IN2O4S/c1-5-6-15-9-10(14)11(17)16(12(15)18)7-8-21(19,20)13(2,3)4/h9H,5-8H2,1-4H3. The fourth-order valence-corrected chi connectivity index (χ4v) is 3.40. The molecule has 0 saturated heterocycles. The van der Waals surface area contributed by atoms with E-state index >= 15 is 0 Å². The molecule has 0 aliphatic heterocycles. The quantitative estimate of drug-likeness (QED) is 0.662. The van der Waals surface area contributed by atoms with Crippen LogP contribution in [0.4, 0.5) is 0 Å². The van der Waals surface area contributed by atoms with Crippen molar-refractivity contribution in [1.29, 1.82) is 0 Å². The molecule has 0 aliphatic carbocycles. The van der Waals surface area contributed by atoms with E-state index in [0.717, 1.165) is 11.0 Å². The Bertz CT molecular complexity index is 726. The summed E-state index contributed by atoms with van der Waals surface area (Å²) in [6.07, 6.45) is 2.28. The highest BCUT2D eigenvalue weighted by atomic mass is 127. The van der Waals surface area contributed by atoms with Crippen molar-refractivity contribution < 1.29 is 8.42 Å². The van der Waals surface area contributed by atoms with Gasteiger partial charge in [0, 0.05) is 19.3 Å². The highest BCUT2D eigenvalue weighted by Gasteiger charge is 2.29. The van der Waals surface area contributed by atoms with Gasteiger partial charge in [-0.05, 0) is 49.8 Å². The van der Waals surface area contributed by atoms with Crippen molar-refractivity contribution in [3.63, 3.8) is 0 Å². The Morgan fingerprint density at radius 3 is 2.24 bits per heavy atom. The van der Waals surface area contributed by atoms with Gasteiger partial charge in [-0.1, -0.05) is 6.92 Å². The van der Waals surface area contributed by atoms with Crippen LogP contribution in [-0.2, 0) is 22.9 Å². The second-order valence-corrected chi connectivity index (χ2v) is 9.87. The molecule has 0 aliphatic rings. The number of sulfone groups is 1. The maximum atomic E-state index is 12.2. The molecule has 1 aromatic rings. The van der Waals surface area contributed by atoms with Crippen LogP contribution in [0.5, 0.6) is 0 Å². The number of rotatable bonds is 5. The summed E-state index contributed by atoms with van der Waals surface area (Å²) in [6.45, 7) is 7.14. The first kappa shape index (κ1) is 18.4. The van der Waals surface area contributed by atoms with Crippen LogP contribution in [0, 0.1) is 3.57 Å². The molecule has 21 heavy (non-hydrogen) atoms. The van der Waals surface area contributed by atoms with Gasteiger partial charge in [0.15, 0.2) is 9.84 Å². The molecule has 120 valence electrons. The first-order chi connectivity index (χ1) is 9.51. The summed E-state index contributed by atoms with van der Waals surface area (Å²) in [4.78, 5) is 24.3. The lowest BCUT2D eigenvalue weighted by Gasteiger charge is -2.19. The number of aromatic nitrogens is 2. The predicted molar refractivity (Wildman–Crippen MR) is 91.5 cm³/mol. The SMILES string of the molecule is CCCn1cc(I)c(=O)n(CCS(=O)(=O)C(C)(C)C)c1=O. The number of hydrogen-bond acceptors (Lipinski definition) is 4. The fraction of sp³-hybridized carbons (Fsp3) is 0.692. The van der Waals surface area contributed by atoms with Crippen LogP contribution in [0.25, 0.3) is 0 Å². The molecular formula is C13H21IN2O4S. The molecule has 0 saturated carbocycles. The van der Waals surface area contributed by atoms with Crippen LogP contribution in [0.1, 0.15) is 34.1 Å². The summed E-state index contributed by atoms with van der Waals surface area (Å²) in [5.41, 5.74) is -0.886. The van der Waals surface area contributed by atoms with Gasteiger partial charge < -0.3 is 0 Å². The average Bonchev–Trinajstić information content (AvgIpc) is 2.34. The van der Waals surface area contributed by atoms with E-state index in [0.29, 0.717) is 10.1 Å². The smallest absolute Gasteiger partial charge is 0.299 e. The Morgan fingerprint density at radius 1 is 1.19 bits per heavy atom. The highest BCUT2D eigenvalue weighted by molar-refractivity contribution is 14.1. The van der Waals surface area contributed by atoms with Gasteiger partial charge in [-0.25, -0.2) is 13.2 Å². The van der Waals surface area contributed by atoms with Gasteiger partial charge >= 0.3 is 5.69 Å².